The molecule has 82 valence electrons. The third kappa shape index (κ3) is 2.58. The number of quaternary nitrogens is 1. The van der Waals surface area contributed by atoms with Crippen molar-refractivity contribution in [2.75, 3.05) is 11.5 Å². The van der Waals surface area contributed by atoms with Crippen LogP contribution in [0.25, 0.3) is 0 Å². The van der Waals surface area contributed by atoms with Crippen molar-refractivity contribution in [1.82, 2.24) is 0 Å². The van der Waals surface area contributed by atoms with E-state index in [1.54, 1.807) is 0 Å². The normalized spacial score (nSPS) is 24.2. The van der Waals surface area contributed by atoms with Crippen LogP contribution in [0.15, 0.2) is 24.3 Å². The lowest BCUT2D eigenvalue weighted by atomic mass is 10.1. The zero-order valence-corrected chi connectivity index (χ0v) is 9.63. The topological polar surface area (TPSA) is 50.8 Å². The summed E-state index contributed by atoms with van der Waals surface area (Å²) in [4.78, 5) is 0. The SMILES string of the molecule is Cc1ccccc1[NH2+]C1CCS(=O)(=O)C1. The van der Waals surface area contributed by atoms with Crippen molar-refractivity contribution >= 4 is 15.5 Å². The van der Waals surface area contributed by atoms with Crippen molar-refractivity contribution in [1.29, 1.82) is 0 Å². The molecule has 15 heavy (non-hydrogen) atoms. The van der Waals surface area contributed by atoms with Crippen molar-refractivity contribution in [2.24, 2.45) is 0 Å². The van der Waals surface area contributed by atoms with Gasteiger partial charge in [-0.1, -0.05) is 18.2 Å². The summed E-state index contributed by atoms with van der Waals surface area (Å²) in [6, 6.07) is 8.28. The number of sulfone groups is 1. The van der Waals surface area contributed by atoms with Gasteiger partial charge < -0.3 is 5.32 Å². The molecular formula is C11H16NO2S+. The van der Waals surface area contributed by atoms with Gasteiger partial charge in [-0.25, -0.2) is 8.42 Å². The maximum Gasteiger partial charge on any atom is 0.156 e. The first-order chi connectivity index (χ1) is 7.07. The first kappa shape index (κ1) is 10.6. The van der Waals surface area contributed by atoms with Crippen molar-refractivity contribution in [2.45, 2.75) is 19.4 Å². The van der Waals surface area contributed by atoms with E-state index in [9.17, 15) is 8.42 Å². The molecule has 0 aliphatic carbocycles. The van der Waals surface area contributed by atoms with Crippen LogP contribution in [0.2, 0.25) is 0 Å². The fourth-order valence-electron chi connectivity index (χ4n) is 1.98. The zero-order chi connectivity index (χ0) is 10.9. The monoisotopic (exact) mass is 226 g/mol. The summed E-state index contributed by atoms with van der Waals surface area (Å²) in [5.41, 5.74) is 2.38. The molecule has 3 nitrogen and oxygen atoms in total. The van der Waals surface area contributed by atoms with Gasteiger partial charge >= 0.3 is 0 Å². The number of benzene rings is 1. The van der Waals surface area contributed by atoms with Crippen LogP contribution >= 0.6 is 0 Å². The van der Waals surface area contributed by atoms with Gasteiger partial charge in [-0.2, -0.15) is 0 Å². The number of para-hydroxylation sites is 1. The smallest absolute Gasteiger partial charge is 0.156 e. The van der Waals surface area contributed by atoms with E-state index in [0.29, 0.717) is 11.5 Å². The fourth-order valence-corrected chi connectivity index (χ4v) is 3.73. The van der Waals surface area contributed by atoms with Crippen molar-refractivity contribution in [3.63, 3.8) is 0 Å². The standard InChI is InChI=1S/C11H15NO2S/c1-9-4-2-3-5-11(9)12-10-6-7-15(13,14)8-10/h2-5,10,12H,6-8H2,1H3/p+1. The van der Waals surface area contributed by atoms with Crippen LogP contribution in [0.1, 0.15) is 12.0 Å². The molecule has 1 aromatic rings. The molecule has 0 saturated carbocycles. The van der Waals surface area contributed by atoms with Gasteiger partial charge in [0.15, 0.2) is 9.84 Å². The first-order valence-electron chi connectivity index (χ1n) is 5.18. The molecule has 1 heterocycles. The molecule has 4 heteroatoms. The molecule has 0 aromatic heterocycles. The van der Waals surface area contributed by atoms with Crippen LogP contribution in [0.3, 0.4) is 0 Å². The summed E-state index contributed by atoms with van der Waals surface area (Å²) in [5, 5.41) is 2.10. The number of hydrogen-bond donors (Lipinski definition) is 1. The Labute approximate surface area is 90.4 Å². The van der Waals surface area contributed by atoms with Gasteiger partial charge in [0.1, 0.15) is 17.5 Å². The Balaban J connectivity index is 2.08. The second-order valence-electron chi connectivity index (χ2n) is 4.19. The minimum Gasteiger partial charge on any atom is -0.310 e. The number of aryl methyl sites for hydroxylation is 1. The maximum atomic E-state index is 11.3. The molecule has 0 radical (unpaired) electrons. The Morgan fingerprint density at radius 1 is 1.33 bits per heavy atom. The van der Waals surface area contributed by atoms with Crippen LogP contribution in [0.5, 0.6) is 0 Å². The lowest BCUT2D eigenvalue weighted by molar-refractivity contribution is -0.605. The Morgan fingerprint density at radius 2 is 2.07 bits per heavy atom. The van der Waals surface area contributed by atoms with E-state index in [2.05, 4.69) is 18.3 Å². The molecule has 1 aromatic carbocycles. The molecule has 2 N–H and O–H groups in total. The highest BCUT2D eigenvalue weighted by atomic mass is 32.2. The highest BCUT2D eigenvalue weighted by Gasteiger charge is 2.30. The van der Waals surface area contributed by atoms with Crippen LogP contribution in [0, 0.1) is 6.92 Å². The van der Waals surface area contributed by atoms with Gasteiger partial charge in [0.25, 0.3) is 0 Å². The molecule has 1 aliphatic heterocycles. The first-order valence-corrected chi connectivity index (χ1v) is 7.00. The van der Waals surface area contributed by atoms with E-state index in [1.807, 2.05) is 18.2 Å². The summed E-state index contributed by atoms with van der Waals surface area (Å²) >= 11 is 0. The van der Waals surface area contributed by atoms with Crippen LogP contribution in [-0.2, 0) is 9.84 Å². The molecule has 0 spiro atoms. The van der Waals surface area contributed by atoms with Gasteiger partial charge in [-0.3, -0.25) is 0 Å². The summed E-state index contributed by atoms with van der Waals surface area (Å²) in [5.74, 6) is 0.668. The average Bonchev–Trinajstić information content (AvgIpc) is 2.50. The molecule has 1 saturated heterocycles. The van der Waals surface area contributed by atoms with Gasteiger partial charge in [-0.15, -0.1) is 0 Å². The maximum absolute atomic E-state index is 11.3. The lowest BCUT2D eigenvalue weighted by Gasteiger charge is -2.08. The minimum atomic E-state index is -2.76. The van der Waals surface area contributed by atoms with Crippen molar-refractivity contribution < 1.29 is 13.7 Å². The fraction of sp³-hybridized carbons (Fsp3) is 0.455. The van der Waals surface area contributed by atoms with Gasteiger partial charge in [0, 0.05) is 12.0 Å². The minimum absolute atomic E-state index is 0.205. The van der Waals surface area contributed by atoms with E-state index in [-0.39, 0.29) is 6.04 Å². The molecule has 1 atom stereocenters. The Bertz CT molecular complexity index is 453. The summed E-state index contributed by atoms with van der Waals surface area (Å²) in [6.45, 7) is 2.05. The summed E-state index contributed by atoms with van der Waals surface area (Å²) < 4.78 is 22.6. The zero-order valence-electron chi connectivity index (χ0n) is 8.81. The van der Waals surface area contributed by atoms with Crippen LogP contribution in [0.4, 0.5) is 5.69 Å². The predicted octanol–water partition coefficient (Wildman–Crippen LogP) is 0.377. The van der Waals surface area contributed by atoms with Crippen LogP contribution in [-0.4, -0.2) is 26.0 Å². The highest BCUT2D eigenvalue weighted by molar-refractivity contribution is 7.91. The van der Waals surface area contributed by atoms with E-state index in [1.165, 1.54) is 11.3 Å². The number of nitrogens with two attached hydrogens (primary N) is 1. The van der Waals surface area contributed by atoms with Crippen molar-refractivity contribution in [3.8, 4) is 0 Å². The predicted molar refractivity (Wildman–Crippen MR) is 59.8 cm³/mol. The Morgan fingerprint density at radius 3 is 2.67 bits per heavy atom. The third-order valence-electron chi connectivity index (χ3n) is 2.87. The van der Waals surface area contributed by atoms with E-state index >= 15 is 0 Å². The number of hydrogen-bond acceptors (Lipinski definition) is 2. The summed E-state index contributed by atoms with van der Waals surface area (Å²) in [6.07, 6.45) is 0.774. The number of rotatable bonds is 2. The molecule has 0 bridgehead atoms. The lowest BCUT2D eigenvalue weighted by Crippen LogP contribution is -2.85. The van der Waals surface area contributed by atoms with Gasteiger partial charge in [0.05, 0.1) is 5.75 Å². The van der Waals surface area contributed by atoms with Gasteiger partial charge in [-0.05, 0) is 13.0 Å². The summed E-state index contributed by atoms with van der Waals surface area (Å²) in [7, 11) is -2.76. The van der Waals surface area contributed by atoms with E-state index in [0.717, 1.165) is 6.42 Å². The second kappa shape index (κ2) is 3.94. The van der Waals surface area contributed by atoms with E-state index < -0.39 is 9.84 Å². The van der Waals surface area contributed by atoms with Gasteiger partial charge in [0.2, 0.25) is 0 Å². The average molecular weight is 226 g/mol. The molecule has 1 aliphatic rings. The Hall–Kier alpha value is -0.870. The highest BCUT2D eigenvalue weighted by Crippen LogP contribution is 2.12. The quantitative estimate of drug-likeness (QED) is 0.741. The third-order valence-corrected chi connectivity index (χ3v) is 4.67. The largest absolute Gasteiger partial charge is 0.310 e. The molecule has 1 unspecified atom stereocenters. The molecule has 2 rings (SSSR count). The molecule has 1 fully saturated rings. The van der Waals surface area contributed by atoms with Crippen LogP contribution < -0.4 is 5.32 Å². The van der Waals surface area contributed by atoms with Crippen molar-refractivity contribution in [3.05, 3.63) is 29.8 Å². The molecular weight excluding hydrogens is 210 g/mol. The Kier molecular flexibility index (Phi) is 2.80. The second-order valence-corrected chi connectivity index (χ2v) is 6.42. The van der Waals surface area contributed by atoms with E-state index in [4.69, 9.17) is 0 Å². The molecule has 0 amide bonds.